The van der Waals surface area contributed by atoms with E-state index in [4.69, 9.17) is 33.9 Å². The molecule has 6 aromatic carbocycles. The van der Waals surface area contributed by atoms with Crippen LogP contribution in [0.3, 0.4) is 0 Å². The van der Waals surface area contributed by atoms with Crippen molar-refractivity contribution in [1.82, 2.24) is 20.1 Å². The number of hydrogen-bond acceptors (Lipinski definition) is 15. The summed E-state index contributed by atoms with van der Waals surface area (Å²) in [7, 11) is 3.01. The SMILES string of the molecule is CC(C)OC(=O)OC(C)OC(=O)C1=C(COC(=O)N(C)C)CS[C@@H]2C(NC(=O)C(=NOC(c3ccccc3)(c3ccccc3)c3ccccc3)c3csc(NC(c4ccccc4)(c4ccccc4)c4ccccc4)n3)C(=O)N12. The fourth-order valence-corrected chi connectivity index (χ4v) is 11.3. The first-order valence-electron chi connectivity index (χ1n) is 25.0. The summed E-state index contributed by atoms with van der Waals surface area (Å²) in [5, 5.41) is 12.8. The monoisotopic (exact) mass is 1080 g/mol. The zero-order valence-corrected chi connectivity index (χ0v) is 44.9. The largest absolute Gasteiger partial charge is 0.511 e. The third-order valence-corrected chi connectivity index (χ3v) is 14.9. The second-order valence-electron chi connectivity index (χ2n) is 18.6. The molecule has 7 aromatic rings. The van der Waals surface area contributed by atoms with Crippen molar-refractivity contribution in [2.75, 3.05) is 31.8 Å². The molecule has 2 unspecified atom stereocenters. The standard InChI is InChI=1S/C60H56N6O10S2/c1-39(2)73-58(71)75-40(3)74-55(69)51-41(36-72-57(70)65(4)5)37-77-54-50(53(68)66(51)54)62-52(67)49(64-76-60(45-30-18-9-19-31-45,46-32-20-10-21-33-46)47-34-22-11-23-35-47)48-38-78-56(61-48)63-59(42-24-12-6-13-25-42,43-26-14-7-15-27-43)44-28-16-8-17-29-44/h6-35,38-40,50,54H,36-37H2,1-5H3,(H,61,63)(H,62,67)/t40?,50?,54-/m1/s1. The molecule has 1 saturated heterocycles. The van der Waals surface area contributed by atoms with Gasteiger partial charge in [-0.2, -0.15) is 0 Å². The van der Waals surface area contributed by atoms with Crippen LogP contribution in [0.25, 0.3) is 0 Å². The highest BCUT2D eigenvalue weighted by Crippen LogP contribution is 2.44. The molecule has 3 heterocycles. The molecule has 2 N–H and O–H groups in total. The molecule has 18 heteroatoms. The zero-order chi connectivity index (χ0) is 54.8. The number of nitrogens with one attached hydrogen (secondary N) is 2. The lowest BCUT2D eigenvalue weighted by Gasteiger charge is -2.49. The molecule has 16 nitrogen and oxygen atoms in total. The number of oxime groups is 1. The maximum Gasteiger partial charge on any atom is 0.511 e. The Morgan fingerprint density at radius 2 is 1.17 bits per heavy atom. The van der Waals surface area contributed by atoms with Gasteiger partial charge in [-0.15, -0.1) is 23.1 Å². The predicted molar refractivity (Wildman–Crippen MR) is 297 cm³/mol. The first kappa shape index (κ1) is 54.1. The van der Waals surface area contributed by atoms with E-state index in [1.54, 1.807) is 19.2 Å². The molecule has 78 heavy (non-hydrogen) atoms. The normalized spacial score (nSPS) is 15.7. The molecule has 398 valence electrons. The molecule has 2 aliphatic heterocycles. The Morgan fingerprint density at radius 3 is 1.63 bits per heavy atom. The van der Waals surface area contributed by atoms with Crippen LogP contribution in [0.4, 0.5) is 14.7 Å². The Labute approximate surface area is 460 Å². The highest BCUT2D eigenvalue weighted by atomic mass is 32.2. The van der Waals surface area contributed by atoms with E-state index in [-0.39, 0.29) is 35.0 Å². The Kier molecular flexibility index (Phi) is 16.7. The van der Waals surface area contributed by atoms with E-state index in [0.29, 0.717) is 21.8 Å². The smallest absolute Gasteiger partial charge is 0.445 e. The first-order chi connectivity index (χ1) is 37.8. The number of carbonyl (C=O) groups is 5. The van der Waals surface area contributed by atoms with Gasteiger partial charge >= 0.3 is 18.2 Å². The number of ether oxygens (including phenoxy) is 4. The molecule has 0 spiro atoms. The summed E-state index contributed by atoms with van der Waals surface area (Å²) in [6.45, 7) is 4.21. The molecule has 0 bridgehead atoms. The van der Waals surface area contributed by atoms with Gasteiger partial charge in [-0.05, 0) is 30.5 Å². The lowest BCUT2D eigenvalue weighted by Crippen LogP contribution is -2.71. The lowest BCUT2D eigenvalue weighted by molar-refractivity contribution is -0.169. The number of carbonyl (C=O) groups excluding carboxylic acids is 5. The van der Waals surface area contributed by atoms with E-state index >= 15 is 4.79 Å². The minimum atomic E-state index is -1.44. The van der Waals surface area contributed by atoms with Crippen molar-refractivity contribution in [2.45, 2.75) is 55.7 Å². The number of nitrogens with zero attached hydrogens (tertiary/aromatic N) is 4. The topological polar surface area (TPSA) is 187 Å². The Bertz CT molecular complexity index is 3100. The van der Waals surface area contributed by atoms with Gasteiger partial charge in [-0.1, -0.05) is 187 Å². The Balaban J connectivity index is 1.11. The third-order valence-electron chi connectivity index (χ3n) is 12.8. The van der Waals surface area contributed by atoms with Crippen LogP contribution >= 0.6 is 23.1 Å². The number of esters is 1. The van der Waals surface area contributed by atoms with Crippen LogP contribution in [0, 0.1) is 0 Å². The quantitative estimate of drug-likeness (QED) is 0.0148. The van der Waals surface area contributed by atoms with Crippen LogP contribution in [-0.2, 0) is 49.3 Å². The highest BCUT2D eigenvalue weighted by Gasteiger charge is 2.55. The van der Waals surface area contributed by atoms with Gasteiger partial charge in [0.2, 0.25) is 11.9 Å². The number of aromatic nitrogens is 1. The van der Waals surface area contributed by atoms with Gasteiger partial charge in [-0.25, -0.2) is 19.4 Å². The number of thiazole rings is 1. The molecule has 2 aliphatic rings. The maximum absolute atomic E-state index is 15.3. The fourth-order valence-electron chi connectivity index (χ4n) is 9.23. The van der Waals surface area contributed by atoms with E-state index in [0.717, 1.165) is 16.7 Å². The summed E-state index contributed by atoms with van der Waals surface area (Å²) >= 11 is 2.49. The summed E-state index contributed by atoms with van der Waals surface area (Å²) in [6, 6.07) is 57.5. The number of anilines is 1. The van der Waals surface area contributed by atoms with Crippen LogP contribution in [0.1, 0.15) is 59.8 Å². The van der Waals surface area contributed by atoms with Crippen molar-refractivity contribution < 1.29 is 47.8 Å². The number of fused-ring (bicyclic) bond motifs is 1. The van der Waals surface area contributed by atoms with Crippen LogP contribution in [0.5, 0.6) is 0 Å². The molecular weight excluding hydrogens is 1030 g/mol. The van der Waals surface area contributed by atoms with Gasteiger partial charge < -0.3 is 39.3 Å². The minimum absolute atomic E-state index is 0.0848. The maximum atomic E-state index is 15.3. The average molecular weight is 1090 g/mol. The van der Waals surface area contributed by atoms with Crippen molar-refractivity contribution in [2.24, 2.45) is 5.16 Å². The Morgan fingerprint density at radius 1 is 0.692 bits per heavy atom. The summed E-state index contributed by atoms with van der Waals surface area (Å²) in [5.74, 6) is -2.43. The van der Waals surface area contributed by atoms with Crippen molar-refractivity contribution in [3.63, 3.8) is 0 Å². The number of thioether (sulfide) groups is 1. The summed E-state index contributed by atoms with van der Waals surface area (Å²) in [5.41, 5.74) is 2.42. The molecule has 0 radical (unpaired) electrons. The first-order valence-corrected chi connectivity index (χ1v) is 27.0. The molecule has 9 rings (SSSR count). The molecule has 1 fully saturated rings. The van der Waals surface area contributed by atoms with Crippen molar-refractivity contribution >= 4 is 64.0 Å². The van der Waals surface area contributed by atoms with E-state index in [1.807, 2.05) is 182 Å². The summed E-state index contributed by atoms with van der Waals surface area (Å²) in [4.78, 5) is 83.3. The van der Waals surface area contributed by atoms with Crippen LogP contribution in [-0.4, -0.2) is 101 Å². The second-order valence-corrected chi connectivity index (χ2v) is 20.6. The van der Waals surface area contributed by atoms with E-state index in [9.17, 15) is 19.2 Å². The number of hydrogen-bond donors (Lipinski definition) is 2. The zero-order valence-electron chi connectivity index (χ0n) is 43.3. The van der Waals surface area contributed by atoms with Gasteiger partial charge in [0.25, 0.3) is 11.8 Å². The highest BCUT2D eigenvalue weighted by molar-refractivity contribution is 8.00. The molecule has 0 saturated carbocycles. The fraction of sp³-hybridized carbons (Fsp3) is 0.217. The predicted octanol–water partition coefficient (Wildman–Crippen LogP) is 10.1. The van der Waals surface area contributed by atoms with Crippen LogP contribution in [0.15, 0.2) is 204 Å². The van der Waals surface area contributed by atoms with Crippen molar-refractivity contribution in [1.29, 1.82) is 0 Å². The molecule has 3 amide bonds. The van der Waals surface area contributed by atoms with E-state index < -0.39 is 65.0 Å². The summed E-state index contributed by atoms with van der Waals surface area (Å²) in [6.07, 6.45) is -3.70. The number of β-lactam (4-membered cyclic amide) rings is 1. The van der Waals surface area contributed by atoms with Crippen LogP contribution in [0.2, 0.25) is 0 Å². The third kappa shape index (κ3) is 11.4. The van der Waals surface area contributed by atoms with Gasteiger partial charge in [-0.3, -0.25) is 14.5 Å². The molecule has 0 aliphatic carbocycles. The van der Waals surface area contributed by atoms with Gasteiger partial charge in [0.1, 0.15) is 35.0 Å². The lowest BCUT2D eigenvalue weighted by atomic mass is 9.77. The van der Waals surface area contributed by atoms with E-state index in [1.165, 1.54) is 53.9 Å². The van der Waals surface area contributed by atoms with Crippen molar-refractivity contribution in [3.8, 4) is 0 Å². The Hall–Kier alpha value is -8.74. The van der Waals surface area contributed by atoms with E-state index in [2.05, 4.69) is 10.6 Å². The number of amides is 3. The van der Waals surface area contributed by atoms with Crippen LogP contribution < -0.4 is 10.6 Å². The number of rotatable bonds is 19. The molecular formula is C60H56N6O10S2. The molecule has 1 aromatic heterocycles. The van der Waals surface area contributed by atoms with Crippen molar-refractivity contribution in [3.05, 3.63) is 238 Å². The van der Waals surface area contributed by atoms with Gasteiger partial charge in [0.15, 0.2) is 10.8 Å². The van der Waals surface area contributed by atoms with Gasteiger partial charge in [0, 0.05) is 54.4 Å². The summed E-state index contributed by atoms with van der Waals surface area (Å²) < 4.78 is 21.2. The number of benzene rings is 6. The average Bonchev–Trinajstić information content (AvgIpc) is 4.01. The van der Waals surface area contributed by atoms with Gasteiger partial charge in [0.05, 0.1) is 6.10 Å². The second kappa shape index (κ2) is 24.1. The molecule has 3 atom stereocenters. The minimum Gasteiger partial charge on any atom is -0.445 e.